The first kappa shape index (κ1) is 28.6. The van der Waals surface area contributed by atoms with E-state index in [-0.39, 0.29) is 16.5 Å². The molecule has 0 aliphatic rings. The van der Waals surface area contributed by atoms with Gasteiger partial charge in [-0.1, -0.05) is 109 Å². The van der Waals surface area contributed by atoms with Crippen LogP contribution in [0.3, 0.4) is 0 Å². The minimum Gasteiger partial charge on any atom is -0.307 e. The van der Waals surface area contributed by atoms with Crippen LogP contribution in [0.25, 0.3) is 22.3 Å². The van der Waals surface area contributed by atoms with Crippen LogP contribution in [-0.2, 0) is 26.1 Å². The van der Waals surface area contributed by atoms with Gasteiger partial charge >= 0.3 is 0 Å². The van der Waals surface area contributed by atoms with Gasteiger partial charge in [0.15, 0.2) is 0 Å². The Morgan fingerprint density at radius 3 is 0.968 bits per heavy atom. The maximum absolute atomic E-state index is 8.00. The van der Waals surface area contributed by atoms with Gasteiger partial charge in [0.25, 0.3) is 0 Å². The van der Waals surface area contributed by atoms with E-state index in [0.29, 0.717) is 0 Å². The van der Waals surface area contributed by atoms with Gasteiger partial charge in [0.05, 0.1) is 0 Å². The molecular formula is C26H26NiO2P2. The monoisotopic (exact) mass is 490 g/mol. The zero-order valence-electron chi connectivity index (χ0n) is 17.1. The van der Waals surface area contributed by atoms with Crippen molar-refractivity contribution in [1.29, 1.82) is 0 Å². The fourth-order valence-corrected chi connectivity index (χ4v) is 3.50. The third-order valence-corrected chi connectivity index (χ3v) is 5.10. The Bertz CT molecular complexity index is 913. The van der Waals surface area contributed by atoms with Crippen LogP contribution in [0.4, 0.5) is 0 Å². The number of hydrogen-bond donors (Lipinski definition) is 0. The third kappa shape index (κ3) is 9.50. The molecule has 0 heterocycles. The van der Waals surface area contributed by atoms with Crippen molar-refractivity contribution < 1.29 is 26.1 Å². The smallest absolute Gasteiger partial charge is 0.106 e. The molecule has 2 nitrogen and oxygen atoms in total. The minimum absolute atomic E-state index is 0. The Morgan fingerprint density at radius 2 is 0.677 bits per heavy atom. The second-order valence-corrected chi connectivity index (χ2v) is 7.15. The minimum atomic E-state index is 0. The third-order valence-electron chi connectivity index (χ3n) is 4.09. The van der Waals surface area contributed by atoms with Crippen molar-refractivity contribution in [2.45, 2.75) is 0 Å². The van der Waals surface area contributed by atoms with Gasteiger partial charge < -0.3 is 9.59 Å². The summed E-state index contributed by atoms with van der Waals surface area (Å²) in [6.07, 6.45) is 0. The van der Waals surface area contributed by atoms with Gasteiger partial charge in [-0.05, 0) is 32.9 Å². The Kier molecular flexibility index (Phi) is 15.9. The van der Waals surface area contributed by atoms with Crippen molar-refractivity contribution in [2.75, 3.05) is 0 Å². The van der Waals surface area contributed by atoms with E-state index in [2.05, 4.69) is 116 Å². The molecule has 0 aliphatic heterocycles. The van der Waals surface area contributed by atoms with Crippen LogP contribution in [0.15, 0.2) is 109 Å². The van der Waals surface area contributed by atoms with Crippen molar-refractivity contribution in [3.8, 4) is 22.3 Å². The number of carbonyl (C=O) groups excluding carboxylic acids is 2. The Balaban J connectivity index is 0.000000487. The van der Waals surface area contributed by atoms with Gasteiger partial charge in [-0.25, -0.2) is 0 Å². The Hall–Kier alpha value is -2.43. The quantitative estimate of drug-likeness (QED) is 0.281. The standard InChI is InChI=1S/2C12H11P.2CH2O.Ni/c2*13-12-9-5-4-8-11(12)10-6-2-1-3-7-10;2*1-2;/h2*1-9H,13H2;2*1H2;. The molecule has 0 saturated heterocycles. The van der Waals surface area contributed by atoms with Crippen molar-refractivity contribution >= 4 is 42.7 Å². The first-order valence-electron chi connectivity index (χ1n) is 9.13. The van der Waals surface area contributed by atoms with Crippen LogP contribution < -0.4 is 10.6 Å². The molecule has 31 heavy (non-hydrogen) atoms. The van der Waals surface area contributed by atoms with Gasteiger partial charge in [-0.2, -0.15) is 0 Å². The summed E-state index contributed by atoms with van der Waals surface area (Å²) in [7, 11) is 5.52. The molecule has 4 aromatic carbocycles. The van der Waals surface area contributed by atoms with Gasteiger partial charge in [0.1, 0.15) is 13.6 Å². The van der Waals surface area contributed by atoms with E-state index in [0.717, 1.165) is 0 Å². The van der Waals surface area contributed by atoms with Crippen LogP contribution in [0.1, 0.15) is 0 Å². The predicted octanol–water partition coefficient (Wildman–Crippen LogP) is 5.34. The maximum Gasteiger partial charge on any atom is 0.106 e. The molecule has 5 heteroatoms. The van der Waals surface area contributed by atoms with Crippen LogP contribution in [0.5, 0.6) is 0 Å². The first-order valence-corrected chi connectivity index (χ1v) is 10.3. The predicted molar refractivity (Wildman–Crippen MR) is 137 cm³/mol. The summed E-state index contributed by atoms with van der Waals surface area (Å²) in [5.74, 6) is 0. The average molecular weight is 491 g/mol. The average Bonchev–Trinajstić information content (AvgIpc) is 2.84. The Morgan fingerprint density at radius 1 is 0.419 bits per heavy atom. The van der Waals surface area contributed by atoms with Crippen molar-refractivity contribution in [3.05, 3.63) is 109 Å². The topological polar surface area (TPSA) is 34.1 Å². The van der Waals surface area contributed by atoms with E-state index < -0.39 is 0 Å². The molecule has 0 aliphatic carbocycles. The van der Waals surface area contributed by atoms with Crippen LogP contribution in [-0.4, -0.2) is 13.6 Å². The largest absolute Gasteiger partial charge is 0.307 e. The molecule has 2 atom stereocenters. The molecule has 0 N–H and O–H groups in total. The molecule has 2 unspecified atom stereocenters. The summed E-state index contributed by atoms with van der Waals surface area (Å²) in [4.78, 5) is 16.0. The van der Waals surface area contributed by atoms with E-state index in [4.69, 9.17) is 9.59 Å². The number of benzene rings is 4. The number of hydrogen-bond acceptors (Lipinski definition) is 2. The molecule has 4 rings (SSSR count). The number of carbonyl (C=O) groups is 2. The summed E-state index contributed by atoms with van der Waals surface area (Å²) >= 11 is 0. The molecular weight excluding hydrogens is 465 g/mol. The van der Waals surface area contributed by atoms with E-state index in [9.17, 15) is 0 Å². The summed E-state index contributed by atoms with van der Waals surface area (Å²) in [6.45, 7) is 4.00. The van der Waals surface area contributed by atoms with E-state index in [1.54, 1.807) is 0 Å². The SMILES string of the molecule is C=O.C=O.Pc1ccccc1-c1ccccc1.Pc1ccccc1-c1ccccc1.[Ni]. The van der Waals surface area contributed by atoms with Crippen LogP contribution in [0.2, 0.25) is 0 Å². The maximum atomic E-state index is 8.00. The molecule has 0 radical (unpaired) electrons. The summed E-state index contributed by atoms with van der Waals surface area (Å²) < 4.78 is 0. The zero-order valence-corrected chi connectivity index (χ0v) is 20.4. The molecule has 162 valence electrons. The van der Waals surface area contributed by atoms with Crippen LogP contribution in [0, 0.1) is 0 Å². The first-order chi connectivity index (χ1) is 14.8. The fraction of sp³-hybridized carbons (Fsp3) is 0. The van der Waals surface area contributed by atoms with Gasteiger partial charge in [0.2, 0.25) is 0 Å². The molecule has 4 aromatic rings. The zero-order chi connectivity index (χ0) is 22.2. The van der Waals surface area contributed by atoms with Gasteiger partial charge in [-0.3, -0.25) is 0 Å². The van der Waals surface area contributed by atoms with E-state index >= 15 is 0 Å². The molecule has 0 spiro atoms. The van der Waals surface area contributed by atoms with Crippen molar-refractivity contribution in [3.63, 3.8) is 0 Å². The molecule has 0 fully saturated rings. The second kappa shape index (κ2) is 17.3. The van der Waals surface area contributed by atoms with Gasteiger partial charge in [0, 0.05) is 16.5 Å². The number of rotatable bonds is 2. The summed E-state index contributed by atoms with van der Waals surface area (Å²) in [6, 6.07) is 37.5. The van der Waals surface area contributed by atoms with Gasteiger partial charge in [-0.15, -0.1) is 18.5 Å². The van der Waals surface area contributed by atoms with E-state index in [1.807, 2.05) is 25.7 Å². The fourth-order valence-electron chi connectivity index (χ4n) is 2.76. The molecule has 0 aromatic heterocycles. The summed E-state index contributed by atoms with van der Waals surface area (Å²) in [5.41, 5.74) is 5.11. The van der Waals surface area contributed by atoms with E-state index in [1.165, 1.54) is 32.9 Å². The molecule has 0 saturated carbocycles. The Labute approximate surface area is 199 Å². The molecule has 0 bridgehead atoms. The second-order valence-electron chi connectivity index (χ2n) is 5.91. The van der Waals surface area contributed by atoms with Crippen molar-refractivity contribution in [1.82, 2.24) is 0 Å². The summed E-state index contributed by atoms with van der Waals surface area (Å²) in [5, 5.41) is 2.49. The molecule has 0 amide bonds. The van der Waals surface area contributed by atoms with Crippen molar-refractivity contribution in [2.24, 2.45) is 0 Å². The van der Waals surface area contributed by atoms with Crippen LogP contribution >= 0.6 is 18.5 Å². The normalized spacial score (nSPS) is 8.58.